The molecule has 0 atom stereocenters. The predicted molar refractivity (Wildman–Crippen MR) is 75.9 cm³/mol. The average Bonchev–Trinajstić information content (AvgIpc) is 2.34. The third-order valence-corrected chi connectivity index (χ3v) is 3.16. The number of rotatable bonds is 2. The molecule has 0 saturated carbocycles. The van der Waals surface area contributed by atoms with Crippen molar-refractivity contribution in [3.8, 4) is 6.07 Å². The molecule has 0 saturated heterocycles. The normalized spacial score (nSPS) is 9.89. The highest BCUT2D eigenvalue weighted by molar-refractivity contribution is 9.10. The molecule has 0 spiro atoms. The van der Waals surface area contributed by atoms with Gasteiger partial charge in [0.2, 0.25) is 0 Å². The molecule has 18 heavy (non-hydrogen) atoms. The Morgan fingerprint density at radius 3 is 2.56 bits per heavy atom. The number of anilines is 2. The smallest absolute Gasteiger partial charge is 0.101 e. The van der Waals surface area contributed by atoms with Crippen molar-refractivity contribution >= 4 is 27.3 Å². The molecule has 0 amide bonds. The van der Waals surface area contributed by atoms with E-state index in [1.807, 2.05) is 26.0 Å². The summed E-state index contributed by atoms with van der Waals surface area (Å²) in [6.45, 7) is 4.06. The minimum absolute atomic E-state index is 0.590. The van der Waals surface area contributed by atoms with E-state index in [1.165, 1.54) is 0 Å². The summed E-state index contributed by atoms with van der Waals surface area (Å²) in [5.41, 5.74) is 4.58. The summed E-state index contributed by atoms with van der Waals surface area (Å²) in [7, 11) is 0. The fourth-order valence-corrected chi connectivity index (χ4v) is 2.52. The molecule has 3 nitrogen and oxygen atoms in total. The van der Waals surface area contributed by atoms with Gasteiger partial charge in [-0.05, 0) is 43.2 Å². The number of nitrogens with one attached hydrogen (secondary N) is 1. The molecule has 0 bridgehead atoms. The number of aryl methyl sites for hydroxylation is 2. The van der Waals surface area contributed by atoms with Crippen LogP contribution in [0.15, 0.2) is 35.1 Å². The number of nitriles is 1. The van der Waals surface area contributed by atoms with Crippen LogP contribution in [0.25, 0.3) is 0 Å². The maximum absolute atomic E-state index is 9.05. The van der Waals surface area contributed by atoms with Crippen LogP contribution in [-0.4, -0.2) is 4.98 Å². The molecule has 0 aliphatic heterocycles. The van der Waals surface area contributed by atoms with Crippen molar-refractivity contribution in [2.24, 2.45) is 0 Å². The molecule has 0 aliphatic rings. The standard InChI is InChI=1S/C14H12BrN3/c1-9-5-12(15)6-10(2)14(9)18-13-8-17-4-3-11(13)7-16/h3-6,8,18H,1-2H3. The van der Waals surface area contributed by atoms with Crippen molar-refractivity contribution in [1.82, 2.24) is 4.98 Å². The highest BCUT2D eigenvalue weighted by Crippen LogP contribution is 2.28. The molecule has 1 heterocycles. The van der Waals surface area contributed by atoms with Gasteiger partial charge >= 0.3 is 0 Å². The lowest BCUT2D eigenvalue weighted by Crippen LogP contribution is -1.99. The number of hydrogen-bond donors (Lipinski definition) is 1. The van der Waals surface area contributed by atoms with E-state index in [0.717, 1.165) is 27.0 Å². The van der Waals surface area contributed by atoms with Gasteiger partial charge in [0.1, 0.15) is 6.07 Å². The molecule has 1 aromatic carbocycles. The number of halogens is 1. The number of nitrogens with zero attached hydrogens (tertiary/aromatic N) is 2. The first kappa shape index (κ1) is 12.6. The van der Waals surface area contributed by atoms with Gasteiger partial charge in [-0.25, -0.2) is 0 Å². The molecule has 2 aromatic rings. The Morgan fingerprint density at radius 2 is 1.94 bits per heavy atom. The summed E-state index contributed by atoms with van der Waals surface area (Å²) in [4.78, 5) is 4.04. The van der Waals surface area contributed by atoms with Gasteiger partial charge in [0.25, 0.3) is 0 Å². The summed E-state index contributed by atoms with van der Waals surface area (Å²) in [5, 5.41) is 12.3. The van der Waals surface area contributed by atoms with E-state index in [1.54, 1.807) is 18.5 Å². The fraction of sp³-hybridized carbons (Fsp3) is 0.143. The highest BCUT2D eigenvalue weighted by atomic mass is 79.9. The number of aromatic nitrogens is 1. The Morgan fingerprint density at radius 1 is 1.28 bits per heavy atom. The summed E-state index contributed by atoms with van der Waals surface area (Å²) in [6, 6.07) is 7.93. The minimum atomic E-state index is 0.590. The van der Waals surface area contributed by atoms with Crippen molar-refractivity contribution < 1.29 is 0 Å². The van der Waals surface area contributed by atoms with E-state index < -0.39 is 0 Å². The molecule has 0 radical (unpaired) electrons. The van der Waals surface area contributed by atoms with Crippen molar-refractivity contribution in [1.29, 1.82) is 5.26 Å². The largest absolute Gasteiger partial charge is 0.353 e. The Balaban J connectivity index is 2.44. The van der Waals surface area contributed by atoms with Crippen molar-refractivity contribution in [2.75, 3.05) is 5.32 Å². The fourth-order valence-electron chi connectivity index (χ4n) is 1.83. The maximum atomic E-state index is 9.05. The third kappa shape index (κ3) is 2.52. The van der Waals surface area contributed by atoms with Gasteiger partial charge in [0, 0.05) is 16.4 Å². The molecule has 2 rings (SSSR count). The van der Waals surface area contributed by atoms with E-state index >= 15 is 0 Å². The van der Waals surface area contributed by atoms with Gasteiger partial charge in [0.05, 0.1) is 17.4 Å². The van der Waals surface area contributed by atoms with Crippen LogP contribution >= 0.6 is 15.9 Å². The Hall–Kier alpha value is -1.86. The Labute approximate surface area is 115 Å². The Kier molecular flexibility index (Phi) is 3.63. The van der Waals surface area contributed by atoms with E-state index in [2.05, 4.69) is 32.3 Å². The first-order valence-corrected chi connectivity index (χ1v) is 6.29. The van der Waals surface area contributed by atoms with Gasteiger partial charge in [-0.15, -0.1) is 0 Å². The third-order valence-electron chi connectivity index (χ3n) is 2.70. The number of pyridine rings is 1. The van der Waals surface area contributed by atoms with Crippen molar-refractivity contribution in [2.45, 2.75) is 13.8 Å². The molecule has 1 aromatic heterocycles. The maximum Gasteiger partial charge on any atom is 0.101 e. The Bertz CT molecular complexity index is 606. The van der Waals surface area contributed by atoms with Gasteiger partial charge in [-0.2, -0.15) is 5.26 Å². The lowest BCUT2D eigenvalue weighted by atomic mass is 10.1. The van der Waals surface area contributed by atoms with E-state index in [9.17, 15) is 0 Å². The zero-order valence-electron chi connectivity index (χ0n) is 10.2. The molecular formula is C14H12BrN3. The summed E-state index contributed by atoms with van der Waals surface area (Å²) in [6.07, 6.45) is 3.28. The van der Waals surface area contributed by atoms with E-state index in [-0.39, 0.29) is 0 Å². The molecule has 0 unspecified atom stereocenters. The second kappa shape index (κ2) is 5.19. The number of benzene rings is 1. The lowest BCUT2D eigenvalue weighted by molar-refractivity contribution is 1.28. The monoisotopic (exact) mass is 301 g/mol. The zero-order chi connectivity index (χ0) is 13.1. The van der Waals surface area contributed by atoms with Crippen molar-refractivity contribution in [3.63, 3.8) is 0 Å². The van der Waals surface area contributed by atoms with Crippen LogP contribution in [0, 0.1) is 25.2 Å². The topological polar surface area (TPSA) is 48.7 Å². The van der Waals surface area contributed by atoms with Gasteiger partial charge in [-0.1, -0.05) is 15.9 Å². The summed E-state index contributed by atoms with van der Waals surface area (Å²) >= 11 is 3.47. The summed E-state index contributed by atoms with van der Waals surface area (Å²) in [5.74, 6) is 0. The molecular weight excluding hydrogens is 290 g/mol. The first-order chi connectivity index (χ1) is 8.61. The van der Waals surface area contributed by atoms with Crippen LogP contribution in [0.1, 0.15) is 16.7 Å². The quantitative estimate of drug-likeness (QED) is 0.909. The van der Waals surface area contributed by atoms with Crippen LogP contribution < -0.4 is 5.32 Å². The van der Waals surface area contributed by atoms with Crippen LogP contribution in [-0.2, 0) is 0 Å². The SMILES string of the molecule is Cc1cc(Br)cc(C)c1Nc1cnccc1C#N. The number of hydrogen-bond acceptors (Lipinski definition) is 3. The predicted octanol–water partition coefficient (Wildman–Crippen LogP) is 4.08. The molecule has 0 aliphatic carbocycles. The second-order valence-corrected chi connectivity index (χ2v) is 4.99. The zero-order valence-corrected chi connectivity index (χ0v) is 11.7. The van der Waals surface area contributed by atoms with Gasteiger partial charge in [-0.3, -0.25) is 4.98 Å². The van der Waals surface area contributed by atoms with Gasteiger partial charge < -0.3 is 5.32 Å². The molecule has 0 fully saturated rings. The second-order valence-electron chi connectivity index (χ2n) is 4.07. The molecule has 90 valence electrons. The van der Waals surface area contributed by atoms with Crippen molar-refractivity contribution in [3.05, 3.63) is 51.8 Å². The van der Waals surface area contributed by atoms with Crippen LogP contribution in [0.2, 0.25) is 0 Å². The van der Waals surface area contributed by atoms with E-state index in [0.29, 0.717) is 5.56 Å². The van der Waals surface area contributed by atoms with Crippen LogP contribution in [0.5, 0.6) is 0 Å². The van der Waals surface area contributed by atoms with E-state index in [4.69, 9.17) is 5.26 Å². The average molecular weight is 302 g/mol. The molecule has 4 heteroatoms. The lowest BCUT2D eigenvalue weighted by Gasteiger charge is -2.14. The van der Waals surface area contributed by atoms with Crippen LogP contribution in [0.4, 0.5) is 11.4 Å². The highest BCUT2D eigenvalue weighted by Gasteiger charge is 2.07. The van der Waals surface area contributed by atoms with Crippen LogP contribution in [0.3, 0.4) is 0 Å². The molecule has 1 N–H and O–H groups in total. The first-order valence-electron chi connectivity index (χ1n) is 5.49. The van der Waals surface area contributed by atoms with Gasteiger partial charge in [0.15, 0.2) is 0 Å². The summed E-state index contributed by atoms with van der Waals surface area (Å²) < 4.78 is 1.05. The minimum Gasteiger partial charge on any atom is -0.353 e.